The third-order valence-electron chi connectivity index (χ3n) is 6.33. The summed E-state index contributed by atoms with van der Waals surface area (Å²) >= 11 is 0. The summed E-state index contributed by atoms with van der Waals surface area (Å²) in [5.74, 6) is 2.12. The van der Waals surface area contributed by atoms with Crippen LogP contribution in [0.4, 0.5) is 4.79 Å². The SMILES string of the molecule is C=CC[C@@H]1Cc2c(c3ccc(OC)cc3c3cc(OC)c(OC)cc23)CN1C(=O)OC(C)(C)C. The quantitative estimate of drug-likeness (QED) is 0.330. The molecule has 0 bridgehead atoms. The Bertz CT molecular complexity index is 1260. The molecule has 0 saturated heterocycles. The van der Waals surface area contributed by atoms with E-state index >= 15 is 0 Å². The molecule has 3 aromatic rings. The van der Waals surface area contributed by atoms with E-state index in [0.29, 0.717) is 30.9 Å². The van der Waals surface area contributed by atoms with Gasteiger partial charge in [0, 0.05) is 6.04 Å². The highest BCUT2D eigenvalue weighted by atomic mass is 16.6. The molecule has 0 unspecified atom stereocenters. The first-order valence-electron chi connectivity index (χ1n) is 11.5. The minimum absolute atomic E-state index is 0.0492. The molecule has 0 N–H and O–H groups in total. The van der Waals surface area contributed by atoms with E-state index in [0.717, 1.165) is 32.9 Å². The van der Waals surface area contributed by atoms with Crippen LogP contribution in [0.1, 0.15) is 38.3 Å². The minimum atomic E-state index is -0.571. The van der Waals surface area contributed by atoms with E-state index in [1.807, 2.05) is 56.0 Å². The fourth-order valence-electron chi connectivity index (χ4n) is 4.81. The van der Waals surface area contributed by atoms with Crippen LogP contribution >= 0.6 is 0 Å². The van der Waals surface area contributed by atoms with Gasteiger partial charge in [0.15, 0.2) is 11.5 Å². The van der Waals surface area contributed by atoms with Crippen molar-refractivity contribution >= 4 is 27.6 Å². The number of hydrogen-bond acceptors (Lipinski definition) is 5. The van der Waals surface area contributed by atoms with Gasteiger partial charge in [-0.25, -0.2) is 4.79 Å². The van der Waals surface area contributed by atoms with Crippen molar-refractivity contribution < 1.29 is 23.7 Å². The summed E-state index contributed by atoms with van der Waals surface area (Å²) in [7, 11) is 4.95. The molecule has 1 atom stereocenters. The molecule has 1 aliphatic heterocycles. The maximum absolute atomic E-state index is 13.2. The third-order valence-corrected chi connectivity index (χ3v) is 6.33. The van der Waals surface area contributed by atoms with E-state index in [1.54, 1.807) is 21.3 Å². The summed E-state index contributed by atoms with van der Waals surface area (Å²) < 4.78 is 22.5. The van der Waals surface area contributed by atoms with Gasteiger partial charge in [-0.3, -0.25) is 0 Å². The Morgan fingerprint density at radius 3 is 2.21 bits per heavy atom. The van der Waals surface area contributed by atoms with Crippen LogP contribution in [0.5, 0.6) is 17.2 Å². The van der Waals surface area contributed by atoms with Crippen molar-refractivity contribution in [2.45, 2.75) is 51.8 Å². The normalized spacial score (nSPS) is 15.7. The van der Waals surface area contributed by atoms with Gasteiger partial charge in [-0.2, -0.15) is 0 Å². The predicted molar refractivity (Wildman–Crippen MR) is 135 cm³/mol. The molecule has 3 aromatic carbocycles. The molecule has 34 heavy (non-hydrogen) atoms. The topological polar surface area (TPSA) is 57.2 Å². The van der Waals surface area contributed by atoms with Crippen molar-refractivity contribution in [3.05, 3.63) is 54.1 Å². The lowest BCUT2D eigenvalue weighted by atomic mass is 9.84. The molecule has 0 radical (unpaired) electrons. The van der Waals surface area contributed by atoms with E-state index in [9.17, 15) is 4.79 Å². The lowest BCUT2D eigenvalue weighted by Crippen LogP contribution is -2.46. The van der Waals surface area contributed by atoms with E-state index in [1.165, 1.54) is 5.56 Å². The monoisotopic (exact) mass is 463 g/mol. The first-order chi connectivity index (χ1) is 16.2. The van der Waals surface area contributed by atoms with E-state index in [4.69, 9.17) is 18.9 Å². The molecule has 6 heteroatoms. The lowest BCUT2D eigenvalue weighted by Gasteiger charge is -2.38. The first-order valence-corrected chi connectivity index (χ1v) is 11.5. The van der Waals surface area contributed by atoms with Crippen molar-refractivity contribution in [1.29, 1.82) is 0 Å². The summed E-state index contributed by atoms with van der Waals surface area (Å²) in [6, 6.07) is 10.1. The van der Waals surface area contributed by atoms with Crippen LogP contribution in [0.3, 0.4) is 0 Å². The Hall–Kier alpha value is -3.41. The number of methoxy groups -OCH3 is 3. The van der Waals surface area contributed by atoms with Crippen LogP contribution < -0.4 is 14.2 Å². The Labute approximate surface area is 201 Å². The molecule has 0 aliphatic carbocycles. The second-order valence-electron chi connectivity index (χ2n) is 9.61. The summed E-state index contributed by atoms with van der Waals surface area (Å²) in [6.45, 7) is 10.1. The van der Waals surface area contributed by atoms with Crippen molar-refractivity contribution in [2.75, 3.05) is 21.3 Å². The Morgan fingerprint density at radius 1 is 0.971 bits per heavy atom. The van der Waals surface area contributed by atoms with E-state index in [2.05, 4.69) is 12.6 Å². The van der Waals surface area contributed by atoms with Crippen LogP contribution in [-0.2, 0) is 17.7 Å². The molecule has 0 fully saturated rings. The Balaban J connectivity index is 1.99. The smallest absolute Gasteiger partial charge is 0.410 e. The van der Waals surface area contributed by atoms with E-state index in [-0.39, 0.29) is 12.1 Å². The molecule has 0 aromatic heterocycles. The fraction of sp³-hybridized carbons (Fsp3) is 0.393. The van der Waals surface area contributed by atoms with Crippen molar-refractivity contribution in [1.82, 2.24) is 4.90 Å². The number of hydrogen-bond donors (Lipinski definition) is 0. The largest absolute Gasteiger partial charge is 0.497 e. The van der Waals surface area contributed by atoms with Gasteiger partial charge in [0.25, 0.3) is 0 Å². The molecule has 4 rings (SSSR count). The molecule has 1 aliphatic rings. The molecule has 6 nitrogen and oxygen atoms in total. The number of carbonyl (C=O) groups excluding carboxylic acids is 1. The van der Waals surface area contributed by atoms with Crippen LogP contribution in [0.15, 0.2) is 43.0 Å². The van der Waals surface area contributed by atoms with Gasteiger partial charge in [0.1, 0.15) is 11.4 Å². The summed E-state index contributed by atoms with van der Waals surface area (Å²) in [5.41, 5.74) is 1.75. The number of amides is 1. The summed E-state index contributed by atoms with van der Waals surface area (Å²) in [5, 5.41) is 4.28. The summed E-state index contributed by atoms with van der Waals surface area (Å²) in [4.78, 5) is 15.0. The highest BCUT2D eigenvalue weighted by Gasteiger charge is 2.34. The van der Waals surface area contributed by atoms with Gasteiger partial charge in [-0.15, -0.1) is 6.58 Å². The molecule has 180 valence electrons. The van der Waals surface area contributed by atoms with Gasteiger partial charge in [-0.05, 0) is 90.6 Å². The number of fused-ring (bicyclic) bond motifs is 6. The van der Waals surface area contributed by atoms with Crippen LogP contribution in [-0.4, -0.2) is 44.0 Å². The molecule has 0 spiro atoms. The van der Waals surface area contributed by atoms with Gasteiger partial charge < -0.3 is 23.8 Å². The lowest BCUT2D eigenvalue weighted by molar-refractivity contribution is 0.0124. The summed E-state index contributed by atoms with van der Waals surface area (Å²) in [6.07, 6.45) is 2.92. The zero-order chi connectivity index (χ0) is 24.6. The van der Waals surface area contributed by atoms with Gasteiger partial charge >= 0.3 is 6.09 Å². The minimum Gasteiger partial charge on any atom is -0.497 e. The maximum Gasteiger partial charge on any atom is 0.410 e. The predicted octanol–water partition coefficient (Wildman–Crippen LogP) is 6.26. The average molecular weight is 464 g/mol. The third kappa shape index (κ3) is 4.25. The number of nitrogens with zero attached hydrogens (tertiary/aromatic N) is 1. The van der Waals surface area contributed by atoms with Crippen molar-refractivity contribution in [3.8, 4) is 17.2 Å². The van der Waals surface area contributed by atoms with Gasteiger partial charge in [0.2, 0.25) is 0 Å². The van der Waals surface area contributed by atoms with Crippen molar-refractivity contribution in [3.63, 3.8) is 0 Å². The standard InChI is InChI=1S/C28H33NO5/c1-8-9-17-12-20-22-14-25(32-6)26(33-7)15-23(22)21-13-18(31-5)10-11-19(21)24(20)16-29(17)27(30)34-28(2,3)4/h8,10-11,13-15,17H,1,9,12,16H2,2-7H3/t17-/m1/s1. The number of carbonyl (C=O) groups is 1. The molecular formula is C28H33NO5. The van der Waals surface area contributed by atoms with Crippen LogP contribution in [0, 0.1) is 0 Å². The molecule has 1 heterocycles. The Morgan fingerprint density at radius 2 is 1.62 bits per heavy atom. The second kappa shape index (κ2) is 9.09. The number of ether oxygens (including phenoxy) is 4. The zero-order valence-corrected chi connectivity index (χ0v) is 20.9. The van der Waals surface area contributed by atoms with Crippen LogP contribution in [0.25, 0.3) is 21.5 Å². The highest BCUT2D eigenvalue weighted by molar-refractivity contribution is 6.12. The van der Waals surface area contributed by atoms with E-state index < -0.39 is 5.60 Å². The highest BCUT2D eigenvalue weighted by Crippen LogP contribution is 2.43. The number of rotatable bonds is 5. The zero-order valence-electron chi connectivity index (χ0n) is 20.9. The number of benzene rings is 3. The molecular weight excluding hydrogens is 430 g/mol. The average Bonchev–Trinajstić information content (AvgIpc) is 2.81. The molecule has 1 amide bonds. The maximum atomic E-state index is 13.2. The second-order valence-corrected chi connectivity index (χ2v) is 9.61. The van der Waals surface area contributed by atoms with Crippen molar-refractivity contribution in [2.24, 2.45) is 0 Å². The fourth-order valence-corrected chi connectivity index (χ4v) is 4.81. The van der Waals surface area contributed by atoms with Crippen LogP contribution in [0.2, 0.25) is 0 Å². The van der Waals surface area contributed by atoms with Gasteiger partial charge in [-0.1, -0.05) is 12.1 Å². The molecule has 0 saturated carbocycles. The Kier molecular flexibility index (Phi) is 6.34. The van der Waals surface area contributed by atoms with Gasteiger partial charge in [0.05, 0.1) is 27.9 Å². The first kappa shape index (κ1) is 23.7.